The Kier molecular flexibility index (Phi) is 4.99. The number of nitrogens with one attached hydrogen (secondary N) is 1. The molecule has 0 aliphatic carbocycles. The molecular weight excluding hydrogens is 236 g/mol. The molecule has 1 unspecified atom stereocenters. The highest BCUT2D eigenvalue weighted by Gasteiger charge is 2.20. The molecule has 1 aromatic rings. The molecule has 0 amide bonds. The molecule has 1 atom stereocenters. The van der Waals surface area contributed by atoms with E-state index in [0.717, 1.165) is 19.0 Å². The normalized spacial score (nSPS) is 21.2. The van der Waals surface area contributed by atoms with Crippen LogP contribution in [-0.2, 0) is 13.6 Å². The van der Waals surface area contributed by atoms with Gasteiger partial charge in [-0.3, -0.25) is 9.58 Å². The molecule has 1 N–H and O–H groups in total. The van der Waals surface area contributed by atoms with E-state index in [0.29, 0.717) is 6.04 Å². The van der Waals surface area contributed by atoms with Crippen molar-refractivity contribution in [2.75, 3.05) is 19.6 Å². The van der Waals surface area contributed by atoms with E-state index in [1.807, 2.05) is 17.9 Å². The molecule has 0 spiro atoms. The number of rotatable bonds is 5. The van der Waals surface area contributed by atoms with Gasteiger partial charge in [-0.25, -0.2) is 0 Å². The first-order valence-electron chi connectivity index (χ1n) is 7.49. The molecule has 4 heteroatoms. The van der Waals surface area contributed by atoms with Gasteiger partial charge in [0.2, 0.25) is 0 Å². The van der Waals surface area contributed by atoms with Gasteiger partial charge in [0.1, 0.15) is 0 Å². The first-order valence-corrected chi connectivity index (χ1v) is 7.49. The quantitative estimate of drug-likeness (QED) is 0.882. The van der Waals surface area contributed by atoms with Gasteiger partial charge in [-0.2, -0.15) is 5.10 Å². The lowest BCUT2D eigenvalue weighted by Crippen LogP contribution is -2.40. The van der Waals surface area contributed by atoms with Crippen LogP contribution in [0.5, 0.6) is 0 Å². The molecule has 1 saturated heterocycles. The molecule has 4 nitrogen and oxygen atoms in total. The average Bonchev–Trinajstić information content (AvgIpc) is 2.69. The predicted molar refractivity (Wildman–Crippen MR) is 79.1 cm³/mol. The van der Waals surface area contributed by atoms with Crippen molar-refractivity contribution in [2.24, 2.45) is 13.0 Å². The molecule has 0 radical (unpaired) electrons. The first kappa shape index (κ1) is 14.5. The van der Waals surface area contributed by atoms with E-state index >= 15 is 0 Å². The van der Waals surface area contributed by atoms with Crippen molar-refractivity contribution in [3.8, 4) is 0 Å². The van der Waals surface area contributed by atoms with E-state index in [1.165, 1.54) is 37.2 Å². The summed E-state index contributed by atoms with van der Waals surface area (Å²) in [5.41, 5.74) is 2.67. The minimum absolute atomic E-state index is 0.593. The highest BCUT2D eigenvalue weighted by Crippen LogP contribution is 2.19. The van der Waals surface area contributed by atoms with Gasteiger partial charge in [0, 0.05) is 37.4 Å². The Labute approximate surface area is 117 Å². The Hall–Kier alpha value is -0.870. The summed E-state index contributed by atoms with van der Waals surface area (Å²) in [6, 6.07) is 0.593. The van der Waals surface area contributed by atoms with E-state index in [1.54, 1.807) is 0 Å². The fraction of sp³-hybridized carbons (Fsp3) is 0.800. The zero-order valence-corrected chi connectivity index (χ0v) is 12.8. The standard InChI is InChI=1S/C15H28N4/c1-12(2)16-8-14-6-5-7-19(10-14)11-15-9-17-18(4)13(15)3/h9,12,14,16H,5-8,10-11H2,1-4H3. The van der Waals surface area contributed by atoms with E-state index in [9.17, 15) is 0 Å². The molecule has 19 heavy (non-hydrogen) atoms. The van der Waals surface area contributed by atoms with Crippen molar-refractivity contribution >= 4 is 0 Å². The van der Waals surface area contributed by atoms with E-state index in [2.05, 4.69) is 36.1 Å². The second-order valence-corrected chi connectivity index (χ2v) is 6.19. The first-order chi connectivity index (χ1) is 9.06. The topological polar surface area (TPSA) is 33.1 Å². The van der Waals surface area contributed by atoms with Gasteiger partial charge in [-0.1, -0.05) is 13.8 Å². The average molecular weight is 264 g/mol. The number of hydrogen-bond acceptors (Lipinski definition) is 3. The molecule has 2 heterocycles. The molecular formula is C15H28N4. The fourth-order valence-corrected chi connectivity index (χ4v) is 2.80. The van der Waals surface area contributed by atoms with Crippen LogP contribution >= 0.6 is 0 Å². The number of aryl methyl sites for hydroxylation is 1. The number of hydrogen-bond donors (Lipinski definition) is 1. The van der Waals surface area contributed by atoms with E-state index in [-0.39, 0.29) is 0 Å². The van der Waals surface area contributed by atoms with Gasteiger partial charge in [0.15, 0.2) is 0 Å². The maximum atomic E-state index is 4.34. The summed E-state index contributed by atoms with van der Waals surface area (Å²) in [6.45, 7) is 11.3. The second-order valence-electron chi connectivity index (χ2n) is 6.19. The van der Waals surface area contributed by atoms with Gasteiger partial charge in [0.25, 0.3) is 0 Å². The van der Waals surface area contributed by atoms with Gasteiger partial charge >= 0.3 is 0 Å². The van der Waals surface area contributed by atoms with Crippen molar-refractivity contribution in [2.45, 2.75) is 46.2 Å². The summed E-state index contributed by atoms with van der Waals surface area (Å²) in [5, 5.41) is 7.91. The Morgan fingerprint density at radius 2 is 2.26 bits per heavy atom. The van der Waals surface area contributed by atoms with Crippen LogP contribution < -0.4 is 5.32 Å². The lowest BCUT2D eigenvalue weighted by molar-refractivity contribution is 0.163. The Morgan fingerprint density at radius 3 is 2.89 bits per heavy atom. The molecule has 0 saturated carbocycles. The van der Waals surface area contributed by atoms with E-state index < -0.39 is 0 Å². The van der Waals surface area contributed by atoms with Crippen LogP contribution in [0.4, 0.5) is 0 Å². The number of nitrogens with zero attached hydrogens (tertiary/aromatic N) is 3. The zero-order valence-electron chi connectivity index (χ0n) is 12.8. The second kappa shape index (κ2) is 6.53. The minimum atomic E-state index is 0.593. The van der Waals surface area contributed by atoms with Crippen molar-refractivity contribution in [3.63, 3.8) is 0 Å². The van der Waals surface area contributed by atoms with Crippen LogP contribution in [0.3, 0.4) is 0 Å². The van der Waals surface area contributed by atoms with Crippen LogP contribution in [0.2, 0.25) is 0 Å². The van der Waals surface area contributed by atoms with Gasteiger partial charge in [0.05, 0.1) is 6.20 Å². The molecule has 0 aromatic carbocycles. The van der Waals surface area contributed by atoms with Crippen LogP contribution in [0, 0.1) is 12.8 Å². The molecule has 0 bridgehead atoms. The molecule has 108 valence electrons. The van der Waals surface area contributed by atoms with Gasteiger partial charge < -0.3 is 5.32 Å². The summed E-state index contributed by atoms with van der Waals surface area (Å²) in [7, 11) is 2.02. The molecule has 1 aromatic heterocycles. The smallest absolute Gasteiger partial charge is 0.0537 e. The van der Waals surface area contributed by atoms with Crippen molar-refractivity contribution in [1.29, 1.82) is 0 Å². The lowest BCUT2D eigenvalue weighted by atomic mass is 9.97. The Balaban J connectivity index is 1.85. The number of piperidine rings is 1. The largest absolute Gasteiger partial charge is 0.314 e. The molecule has 1 fully saturated rings. The Morgan fingerprint density at radius 1 is 1.47 bits per heavy atom. The number of likely N-dealkylation sites (tertiary alicyclic amines) is 1. The molecule has 2 rings (SSSR count). The van der Waals surface area contributed by atoms with Crippen molar-refractivity contribution in [1.82, 2.24) is 20.0 Å². The van der Waals surface area contributed by atoms with Crippen LogP contribution in [0.25, 0.3) is 0 Å². The van der Waals surface area contributed by atoms with Crippen molar-refractivity contribution < 1.29 is 0 Å². The summed E-state index contributed by atoms with van der Waals surface area (Å²) < 4.78 is 1.97. The number of aromatic nitrogens is 2. The lowest BCUT2D eigenvalue weighted by Gasteiger charge is -2.33. The highest BCUT2D eigenvalue weighted by molar-refractivity contribution is 5.15. The third-order valence-corrected chi connectivity index (χ3v) is 4.15. The maximum absolute atomic E-state index is 4.34. The summed E-state index contributed by atoms with van der Waals surface area (Å²) in [5.74, 6) is 0.799. The third kappa shape index (κ3) is 4.05. The SMILES string of the molecule is Cc1c(CN2CCCC(CNC(C)C)C2)cnn1C. The van der Waals surface area contributed by atoms with Crippen LogP contribution in [-0.4, -0.2) is 40.4 Å². The van der Waals surface area contributed by atoms with Crippen molar-refractivity contribution in [3.05, 3.63) is 17.5 Å². The van der Waals surface area contributed by atoms with E-state index in [4.69, 9.17) is 0 Å². The minimum Gasteiger partial charge on any atom is -0.314 e. The fourth-order valence-electron chi connectivity index (χ4n) is 2.80. The molecule has 1 aliphatic rings. The monoisotopic (exact) mass is 264 g/mol. The highest BCUT2D eigenvalue weighted by atomic mass is 15.3. The third-order valence-electron chi connectivity index (χ3n) is 4.15. The van der Waals surface area contributed by atoms with Crippen LogP contribution in [0.1, 0.15) is 37.9 Å². The summed E-state index contributed by atoms with van der Waals surface area (Å²) >= 11 is 0. The zero-order chi connectivity index (χ0) is 13.8. The predicted octanol–water partition coefficient (Wildman–Crippen LogP) is 1.94. The maximum Gasteiger partial charge on any atom is 0.0537 e. The summed E-state index contributed by atoms with van der Waals surface area (Å²) in [6.07, 6.45) is 4.71. The molecule has 1 aliphatic heterocycles. The summed E-state index contributed by atoms with van der Waals surface area (Å²) in [4.78, 5) is 2.58. The van der Waals surface area contributed by atoms with Gasteiger partial charge in [-0.15, -0.1) is 0 Å². The Bertz CT molecular complexity index is 397. The van der Waals surface area contributed by atoms with Gasteiger partial charge in [-0.05, 0) is 38.8 Å². The van der Waals surface area contributed by atoms with Crippen LogP contribution in [0.15, 0.2) is 6.20 Å².